The van der Waals surface area contributed by atoms with Gasteiger partial charge in [0.1, 0.15) is 6.04 Å². The van der Waals surface area contributed by atoms with Crippen LogP contribution >= 0.6 is 0 Å². The third kappa shape index (κ3) is 2.24. The van der Waals surface area contributed by atoms with E-state index in [0.717, 1.165) is 0 Å². The Morgan fingerprint density at radius 2 is 2.00 bits per heavy atom. The van der Waals surface area contributed by atoms with Crippen LogP contribution in [0.5, 0.6) is 0 Å². The molecule has 9 heteroatoms. The fourth-order valence-corrected chi connectivity index (χ4v) is 2.78. The number of hydrogen-bond acceptors (Lipinski definition) is 4. The maximum absolute atomic E-state index is 13.2. The van der Waals surface area contributed by atoms with E-state index in [1.807, 2.05) is 0 Å². The van der Waals surface area contributed by atoms with Crippen molar-refractivity contribution in [2.45, 2.75) is 31.2 Å². The van der Waals surface area contributed by atoms with Gasteiger partial charge in [0.25, 0.3) is 0 Å². The van der Waals surface area contributed by atoms with Gasteiger partial charge in [0.15, 0.2) is 5.41 Å². The zero-order valence-electron chi connectivity index (χ0n) is 10.5. The van der Waals surface area contributed by atoms with Crippen LogP contribution < -0.4 is 5.32 Å². The van der Waals surface area contributed by atoms with E-state index in [1.165, 1.54) is 0 Å². The van der Waals surface area contributed by atoms with Gasteiger partial charge in [-0.3, -0.25) is 4.79 Å². The van der Waals surface area contributed by atoms with Gasteiger partial charge in [0.05, 0.1) is 6.10 Å². The Kier molecular flexibility index (Phi) is 3.67. The minimum atomic E-state index is -4.76. The summed E-state index contributed by atoms with van der Waals surface area (Å²) >= 11 is 0. The van der Waals surface area contributed by atoms with Crippen molar-refractivity contribution in [3.05, 3.63) is 0 Å². The number of carboxylic acids is 1. The van der Waals surface area contributed by atoms with E-state index in [2.05, 4.69) is 5.32 Å². The summed E-state index contributed by atoms with van der Waals surface area (Å²) in [5.74, 6) is -2.67. The molecule has 0 radical (unpaired) electrons. The van der Waals surface area contributed by atoms with E-state index in [1.54, 1.807) is 0 Å². The van der Waals surface area contributed by atoms with Crippen molar-refractivity contribution in [2.24, 2.45) is 5.41 Å². The normalized spacial score (nSPS) is 34.5. The maximum Gasteiger partial charge on any atom is 0.404 e. The number of likely N-dealkylation sites (tertiary alicyclic amines) is 1. The molecule has 20 heavy (non-hydrogen) atoms. The number of alkyl halides is 3. The van der Waals surface area contributed by atoms with Crippen LogP contribution in [0, 0.1) is 5.41 Å². The average Bonchev–Trinajstić information content (AvgIpc) is 2.93. The number of β-amino-alcohol motifs (C(OH)–C–C–N with tert-alkyl or cyclic N) is 1. The summed E-state index contributed by atoms with van der Waals surface area (Å²) < 4.78 is 39.7. The standard InChI is InChI=1S/C11H15F3N2O4/c12-11(13,14)10(1-2-15-5-10)9(20)16-4-6(17)3-7(16)8(18)19/h6-7,15,17H,1-5H2,(H,18,19)/t6-,7+,10?/m1/s1. The van der Waals surface area contributed by atoms with Gasteiger partial charge >= 0.3 is 12.1 Å². The SMILES string of the molecule is O=C(O)[C@@H]1C[C@@H](O)CN1C(=O)C1(C(F)(F)F)CCNC1. The molecule has 0 aliphatic carbocycles. The molecule has 2 saturated heterocycles. The van der Waals surface area contributed by atoms with Gasteiger partial charge in [-0.15, -0.1) is 0 Å². The number of carbonyl (C=O) groups excluding carboxylic acids is 1. The average molecular weight is 296 g/mol. The molecule has 0 aromatic rings. The van der Waals surface area contributed by atoms with Gasteiger partial charge in [0, 0.05) is 19.5 Å². The number of rotatable bonds is 2. The number of aliphatic hydroxyl groups is 1. The molecule has 3 atom stereocenters. The molecule has 2 fully saturated rings. The Balaban J connectivity index is 2.31. The molecule has 2 aliphatic heterocycles. The van der Waals surface area contributed by atoms with Crippen LogP contribution in [-0.4, -0.2) is 64.9 Å². The van der Waals surface area contributed by atoms with Gasteiger partial charge in [-0.25, -0.2) is 4.79 Å². The van der Waals surface area contributed by atoms with Crippen LogP contribution in [0.4, 0.5) is 13.2 Å². The number of halogens is 3. The van der Waals surface area contributed by atoms with Crippen molar-refractivity contribution >= 4 is 11.9 Å². The van der Waals surface area contributed by atoms with Crippen molar-refractivity contribution in [1.29, 1.82) is 0 Å². The highest BCUT2D eigenvalue weighted by Crippen LogP contribution is 2.45. The van der Waals surface area contributed by atoms with Gasteiger partial charge in [-0.05, 0) is 13.0 Å². The molecule has 114 valence electrons. The van der Waals surface area contributed by atoms with Gasteiger partial charge in [0.2, 0.25) is 5.91 Å². The highest BCUT2D eigenvalue weighted by molar-refractivity contribution is 5.89. The molecule has 0 spiro atoms. The van der Waals surface area contributed by atoms with Crippen LogP contribution in [0.2, 0.25) is 0 Å². The zero-order valence-corrected chi connectivity index (χ0v) is 10.5. The summed E-state index contributed by atoms with van der Waals surface area (Å²) in [6.07, 6.45) is -6.54. The summed E-state index contributed by atoms with van der Waals surface area (Å²) in [4.78, 5) is 23.9. The second-order valence-electron chi connectivity index (χ2n) is 5.21. The van der Waals surface area contributed by atoms with Crippen LogP contribution in [0.3, 0.4) is 0 Å². The molecule has 0 saturated carbocycles. The number of nitrogens with zero attached hydrogens (tertiary/aromatic N) is 1. The summed E-state index contributed by atoms with van der Waals surface area (Å²) in [7, 11) is 0. The lowest BCUT2D eigenvalue weighted by Crippen LogP contribution is -2.56. The summed E-state index contributed by atoms with van der Waals surface area (Å²) in [6.45, 7) is -0.902. The lowest BCUT2D eigenvalue weighted by atomic mass is 9.84. The quantitative estimate of drug-likeness (QED) is 0.643. The van der Waals surface area contributed by atoms with Gasteiger partial charge < -0.3 is 20.4 Å². The first-order chi connectivity index (χ1) is 9.19. The smallest absolute Gasteiger partial charge is 0.404 e. The first kappa shape index (κ1) is 15.0. The predicted molar refractivity (Wildman–Crippen MR) is 59.7 cm³/mol. The lowest BCUT2D eigenvalue weighted by molar-refractivity contribution is -0.222. The number of aliphatic hydroxyl groups excluding tert-OH is 1. The van der Waals surface area contributed by atoms with E-state index >= 15 is 0 Å². The number of carbonyl (C=O) groups is 2. The Morgan fingerprint density at radius 1 is 1.35 bits per heavy atom. The van der Waals surface area contributed by atoms with Crippen LogP contribution in [-0.2, 0) is 9.59 Å². The Labute approximate surface area is 112 Å². The lowest BCUT2D eigenvalue weighted by Gasteiger charge is -2.34. The van der Waals surface area contributed by atoms with E-state index in [4.69, 9.17) is 5.11 Å². The molecule has 0 bridgehead atoms. The topological polar surface area (TPSA) is 89.9 Å². The van der Waals surface area contributed by atoms with Crippen molar-refractivity contribution in [2.75, 3.05) is 19.6 Å². The summed E-state index contributed by atoms with van der Waals surface area (Å²) in [6, 6.07) is -1.41. The molecule has 2 rings (SSSR count). The third-order valence-corrected chi connectivity index (χ3v) is 3.93. The van der Waals surface area contributed by atoms with E-state index in [0.29, 0.717) is 4.90 Å². The first-order valence-electron chi connectivity index (χ1n) is 6.18. The molecule has 1 amide bonds. The van der Waals surface area contributed by atoms with E-state index < -0.39 is 48.6 Å². The minimum Gasteiger partial charge on any atom is -0.480 e. The number of carboxylic acid groups (broad SMARTS) is 1. The second-order valence-corrected chi connectivity index (χ2v) is 5.21. The van der Waals surface area contributed by atoms with Crippen molar-refractivity contribution in [3.8, 4) is 0 Å². The highest BCUT2D eigenvalue weighted by atomic mass is 19.4. The number of hydrogen-bond donors (Lipinski definition) is 3. The fourth-order valence-electron chi connectivity index (χ4n) is 2.78. The minimum absolute atomic E-state index is 0.0411. The third-order valence-electron chi connectivity index (χ3n) is 3.93. The van der Waals surface area contributed by atoms with Gasteiger partial charge in [-0.2, -0.15) is 13.2 Å². The Bertz CT molecular complexity index is 420. The van der Waals surface area contributed by atoms with E-state index in [9.17, 15) is 27.9 Å². The number of amides is 1. The molecular formula is C11H15F3N2O4. The molecule has 2 aliphatic rings. The first-order valence-corrected chi connectivity index (χ1v) is 6.18. The second kappa shape index (κ2) is 4.88. The Morgan fingerprint density at radius 3 is 2.45 bits per heavy atom. The molecule has 0 aromatic heterocycles. The summed E-state index contributed by atoms with van der Waals surface area (Å²) in [5.41, 5.74) is -2.59. The molecule has 2 heterocycles. The van der Waals surface area contributed by atoms with Crippen LogP contribution in [0.15, 0.2) is 0 Å². The van der Waals surface area contributed by atoms with E-state index in [-0.39, 0.29) is 19.5 Å². The maximum atomic E-state index is 13.2. The van der Waals surface area contributed by atoms with Crippen molar-refractivity contribution in [3.63, 3.8) is 0 Å². The van der Waals surface area contributed by atoms with Crippen LogP contribution in [0.1, 0.15) is 12.8 Å². The highest BCUT2D eigenvalue weighted by Gasteiger charge is 2.63. The van der Waals surface area contributed by atoms with Gasteiger partial charge in [-0.1, -0.05) is 0 Å². The number of aliphatic carboxylic acids is 1. The largest absolute Gasteiger partial charge is 0.480 e. The zero-order chi connectivity index (χ0) is 15.1. The predicted octanol–water partition coefficient (Wildman–Crippen LogP) is -0.425. The molecule has 3 N–H and O–H groups in total. The molecular weight excluding hydrogens is 281 g/mol. The van der Waals surface area contributed by atoms with Crippen LogP contribution in [0.25, 0.3) is 0 Å². The summed E-state index contributed by atoms with van der Waals surface area (Å²) in [5, 5.41) is 20.9. The fraction of sp³-hybridized carbons (Fsp3) is 0.818. The van der Waals surface area contributed by atoms with Crippen molar-refractivity contribution < 1.29 is 33.0 Å². The molecule has 1 unspecified atom stereocenters. The van der Waals surface area contributed by atoms with Crippen molar-refractivity contribution in [1.82, 2.24) is 10.2 Å². The number of nitrogens with one attached hydrogen (secondary N) is 1. The Hall–Kier alpha value is -1.35. The monoisotopic (exact) mass is 296 g/mol. The molecule has 0 aromatic carbocycles. The molecule has 6 nitrogen and oxygen atoms in total.